The summed E-state index contributed by atoms with van der Waals surface area (Å²) in [7, 11) is 0. The van der Waals surface area contributed by atoms with Gasteiger partial charge in [0.05, 0.1) is 5.69 Å². The van der Waals surface area contributed by atoms with Gasteiger partial charge in [-0.05, 0) is 13.3 Å². The van der Waals surface area contributed by atoms with Crippen LogP contribution >= 0.6 is 0 Å². The van der Waals surface area contributed by atoms with Gasteiger partial charge in [0.2, 0.25) is 0 Å². The fraction of sp³-hybridized carbons (Fsp3) is 0.600. The molecule has 2 N–H and O–H groups in total. The zero-order valence-electron chi connectivity index (χ0n) is 8.99. The van der Waals surface area contributed by atoms with Crippen LogP contribution in [0, 0.1) is 6.92 Å². The molecule has 1 unspecified atom stereocenters. The summed E-state index contributed by atoms with van der Waals surface area (Å²) in [6.07, 6.45) is 1.45. The van der Waals surface area contributed by atoms with Gasteiger partial charge in [-0.25, -0.2) is 0 Å². The van der Waals surface area contributed by atoms with E-state index < -0.39 is 12.0 Å². The van der Waals surface area contributed by atoms with Crippen molar-refractivity contribution in [2.24, 2.45) is 0 Å². The minimum atomic E-state index is -0.822. The third-order valence-corrected chi connectivity index (χ3v) is 2.08. The summed E-state index contributed by atoms with van der Waals surface area (Å²) in [6, 6.07) is 1.28. The van der Waals surface area contributed by atoms with Crippen LogP contribution in [-0.2, 0) is 11.3 Å². The molecule has 0 fully saturated rings. The molecule has 0 bridgehead atoms. The van der Waals surface area contributed by atoms with E-state index in [0.717, 1.165) is 17.9 Å². The van der Waals surface area contributed by atoms with Crippen molar-refractivity contribution < 1.29 is 14.4 Å². The molecule has 15 heavy (non-hydrogen) atoms. The van der Waals surface area contributed by atoms with Crippen LogP contribution < -0.4 is 5.32 Å². The topological polar surface area (TPSA) is 75.4 Å². The molecular formula is C10H16N2O3. The zero-order chi connectivity index (χ0) is 11.3. The first-order valence-electron chi connectivity index (χ1n) is 5.02. The molecule has 0 saturated carbocycles. The summed E-state index contributed by atoms with van der Waals surface area (Å²) >= 11 is 0. The lowest BCUT2D eigenvalue weighted by atomic mass is 10.1. The van der Waals surface area contributed by atoms with E-state index >= 15 is 0 Å². The van der Waals surface area contributed by atoms with Crippen LogP contribution in [-0.4, -0.2) is 22.3 Å². The Kier molecular flexibility index (Phi) is 4.30. The Labute approximate surface area is 88.5 Å². The monoisotopic (exact) mass is 212 g/mol. The maximum Gasteiger partial charge on any atom is 0.320 e. The molecule has 0 aliphatic heterocycles. The molecule has 0 aliphatic carbocycles. The number of nitrogens with zero attached hydrogens (tertiary/aromatic N) is 1. The van der Waals surface area contributed by atoms with Gasteiger partial charge < -0.3 is 9.63 Å². The van der Waals surface area contributed by atoms with E-state index in [0.29, 0.717) is 13.0 Å². The molecule has 5 nitrogen and oxygen atoms in total. The third kappa shape index (κ3) is 3.71. The number of hydrogen-bond donors (Lipinski definition) is 2. The molecule has 0 spiro atoms. The predicted octanol–water partition coefficient (Wildman–Crippen LogP) is 1.33. The fourth-order valence-corrected chi connectivity index (χ4v) is 1.33. The maximum atomic E-state index is 10.8. The second kappa shape index (κ2) is 5.50. The summed E-state index contributed by atoms with van der Waals surface area (Å²) in [5, 5.41) is 15.6. The minimum absolute atomic E-state index is 0.425. The summed E-state index contributed by atoms with van der Waals surface area (Å²) in [4.78, 5) is 10.8. The van der Waals surface area contributed by atoms with E-state index in [1.54, 1.807) is 13.0 Å². The Morgan fingerprint density at radius 2 is 2.47 bits per heavy atom. The van der Waals surface area contributed by atoms with E-state index in [-0.39, 0.29) is 0 Å². The second-order valence-electron chi connectivity index (χ2n) is 3.49. The van der Waals surface area contributed by atoms with Gasteiger partial charge in [0.25, 0.3) is 0 Å². The molecule has 1 aromatic rings. The van der Waals surface area contributed by atoms with Crippen molar-refractivity contribution in [1.82, 2.24) is 10.5 Å². The largest absolute Gasteiger partial charge is 0.480 e. The average Bonchev–Trinajstić information content (AvgIpc) is 2.58. The molecule has 0 amide bonds. The van der Waals surface area contributed by atoms with Crippen LogP contribution in [0.3, 0.4) is 0 Å². The normalized spacial score (nSPS) is 12.7. The van der Waals surface area contributed by atoms with Crippen LogP contribution in [0.4, 0.5) is 0 Å². The first kappa shape index (κ1) is 11.7. The summed E-state index contributed by atoms with van der Waals surface area (Å²) in [5.41, 5.74) is 0.731. The number of aromatic nitrogens is 1. The number of hydrogen-bond acceptors (Lipinski definition) is 4. The average molecular weight is 212 g/mol. The van der Waals surface area contributed by atoms with Crippen molar-refractivity contribution in [2.75, 3.05) is 0 Å². The molecule has 84 valence electrons. The van der Waals surface area contributed by atoms with Crippen molar-refractivity contribution in [3.8, 4) is 0 Å². The van der Waals surface area contributed by atoms with Crippen molar-refractivity contribution in [2.45, 2.75) is 39.3 Å². The molecule has 0 saturated heterocycles. The molecular weight excluding hydrogens is 196 g/mol. The van der Waals surface area contributed by atoms with Gasteiger partial charge in [-0.2, -0.15) is 0 Å². The van der Waals surface area contributed by atoms with E-state index in [1.807, 2.05) is 6.92 Å². The zero-order valence-corrected chi connectivity index (χ0v) is 8.99. The van der Waals surface area contributed by atoms with E-state index in [9.17, 15) is 4.79 Å². The number of carboxylic acids is 1. The lowest BCUT2D eigenvalue weighted by Gasteiger charge is -2.11. The highest BCUT2D eigenvalue weighted by Crippen LogP contribution is 2.03. The van der Waals surface area contributed by atoms with Gasteiger partial charge in [-0.3, -0.25) is 10.1 Å². The minimum Gasteiger partial charge on any atom is -0.480 e. The van der Waals surface area contributed by atoms with Crippen molar-refractivity contribution in [3.63, 3.8) is 0 Å². The number of aryl methyl sites for hydroxylation is 1. The van der Waals surface area contributed by atoms with Crippen LogP contribution in [0.25, 0.3) is 0 Å². The van der Waals surface area contributed by atoms with Gasteiger partial charge in [0.15, 0.2) is 0 Å². The van der Waals surface area contributed by atoms with E-state index in [1.165, 1.54) is 0 Å². The number of rotatable bonds is 6. The molecule has 1 aromatic heterocycles. The van der Waals surface area contributed by atoms with Crippen molar-refractivity contribution in [3.05, 3.63) is 17.5 Å². The van der Waals surface area contributed by atoms with Gasteiger partial charge in [-0.1, -0.05) is 18.5 Å². The molecule has 1 atom stereocenters. The Bertz CT molecular complexity index is 322. The number of nitrogens with one attached hydrogen (secondary N) is 1. The quantitative estimate of drug-likeness (QED) is 0.744. The Morgan fingerprint density at radius 3 is 2.93 bits per heavy atom. The Balaban J connectivity index is 2.43. The molecule has 1 rings (SSSR count). The van der Waals surface area contributed by atoms with Gasteiger partial charge in [0.1, 0.15) is 11.8 Å². The Morgan fingerprint density at radius 1 is 1.73 bits per heavy atom. The Hall–Kier alpha value is -1.36. The SMILES string of the molecule is CCCC(NCc1cc(C)on1)C(=O)O. The van der Waals surface area contributed by atoms with Crippen molar-refractivity contribution >= 4 is 5.97 Å². The highest BCUT2D eigenvalue weighted by molar-refractivity contribution is 5.73. The summed E-state index contributed by atoms with van der Waals surface area (Å²) in [5.74, 6) is -0.0915. The smallest absolute Gasteiger partial charge is 0.320 e. The first-order chi connectivity index (χ1) is 7.13. The molecule has 1 heterocycles. The third-order valence-electron chi connectivity index (χ3n) is 2.08. The number of aliphatic carboxylic acids is 1. The van der Waals surface area contributed by atoms with Crippen molar-refractivity contribution in [1.29, 1.82) is 0 Å². The molecule has 0 aromatic carbocycles. The van der Waals surface area contributed by atoms with Crippen LogP contribution in [0.15, 0.2) is 10.6 Å². The maximum absolute atomic E-state index is 10.8. The molecule has 0 radical (unpaired) electrons. The van der Waals surface area contributed by atoms with Gasteiger partial charge in [-0.15, -0.1) is 0 Å². The number of carboxylic acid groups (broad SMARTS) is 1. The highest BCUT2D eigenvalue weighted by Gasteiger charge is 2.15. The lowest BCUT2D eigenvalue weighted by Crippen LogP contribution is -2.36. The summed E-state index contributed by atoms with van der Waals surface area (Å²) < 4.78 is 4.88. The summed E-state index contributed by atoms with van der Waals surface area (Å²) in [6.45, 7) is 4.18. The van der Waals surface area contributed by atoms with Crippen LogP contribution in [0.1, 0.15) is 31.2 Å². The van der Waals surface area contributed by atoms with E-state index in [4.69, 9.17) is 9.63 Å². The fourth-order valence-electron chi connectivity index (χ4n) is 1.33. The first-order valence-corrected chi connectivity index (χ1v) is 5.02. The lowest BCUT2D eigenvalue weighted by molar-refractivity contribution is -0.139. The number of carbonyl (C=O) groups is 1. The molecule has 0 aliphatic rings. The van der Waals surface area contributed by atoms with Crippen LogP contribution in [0.2, 0.25) is 0 Å². The van der Waals surface area contributed by atoms with Gasteiger partial charge >= 0.3 is 5.97 Å². The molecule has 5 heteroatoms. The van der Waals surface area contributed by atoms with Gasteiger partial charge in [0, 0.05) is 12.6 Å². The predicted molar refractivity (Wildman–Crippen MR) is 54.4 cm³/mol. The van der Waals surface area contributed by atoms with E-state index in [2.05, 4.69) is 10.5 Å². The standard InChI is InChI=1S/C10H16N2O3/c1-3-4-9(10(13)14)11-6-8-5-7(2)15-12-8/h5,9,11H,3-4,6H2,1-2H3,(H,13,14). The second-order valence-corrected chi connectivity index (χ2v) is 3.49. The highest BCUT2D eigenvalue weighted by atomic mass is 16.5. The van der Waals surface area contributed by atoms with Crippen LogP contribution in [0.5, 0.6) is 0 Å².